The van der Waals surface area contributed by atoms with Crippen LogP contribution in [-0.2, 0) is 12.6 Å². The Balaban J connectivity index is 2.52. The van der Waals surface area contributed by atoms with Gasteiger partial charge < -0.3 is 0 Å². The van der Waals surface area contributed by atoms with E-state index < -0.39 is 11.7 Å². The molecule has 0 saturated heterocycles. The van der Waals surface area contributed by atoms with Gasteiger partial charge in [0, 0.05) is 0 Å². The summed E-state index contributed by atoms with van der Waals surface area (Å²) in [5, 5.41) is 0. The molecule has 0 amide bonds. The molecule has 0 aliphatic carbocycles. The van der Waals surface area contributed by atoms with E-state index in [0.29, 0.717) is 17.9 Å². The van der Waals surface area contributed by atoms with E-state index in [0.717, 1.165) is 5.56 Å². The van der Waals surface area contributed by atoms with Gasteiger partial charge in [0.25, 0.3) is 0 Å². The second kappa shape index (κ2) is 5.70. The first-order valence-corrected chi connectivity index (χ1v) is 6.63. The fraction of sp³-hybridized carbons (Fsp3) is 0.294. The largest absolute Gasteiger partial charge is 0.417 e. The average Bonchev–Trinajstić information content (AvgIpc) is 2.38. The third-order valence-corrected chi connectivity index (χ3v) is 3.12. The Kier molecular flexibility index (Phi) is 4.17. The molecule has 0 heterocycles. The fourth-order valence-electron chi connectivity index (χ4n) is 2.29. The summed E-state index contributed by atoms with van der Waals surface area (Å²) in [7, 11) is 0. The molecular weight excluding hydrogens is 261 g/mol. The molecule has 2 rings (SSSR count). The molecule has 106 valence electrons. The normalized spacial score (nSPS) is 11.9. The van der Waals surface area contributed by atoms with E-state index in [4.69, 9.17) is 0 Å². The van der Waals surface area contributed by atoms with Crippen molar-refractivity contribution in [3.05, 3.63) is 59.7 Å². The molecule has 0 N–H and O–H groups in total. The van der Waals surface area contributed by atoms with Crippen LogP contribution in [0, 0.1) is 5.92 Å². The van der Waals surface area contributed by atoms with Gasteiger partial charge in [-0.05, 0) is 35.1 Å². The lowest BCUT2D eigenvalue weighted by atomic mass is 9.94. The first-order valence-electron chi connectivity index (χ1n) is 6.63. The van der Waals surface area contributed by atoms with Crippen molar-refractivity contribution in [2.24, 2.45) is 5.92 Å². The van der Waals surface area contributed by atoms with Gasteiger partial charge in [-0.2, -0.15) is 13.2 Å². The van der Waals surface area contributed by atoms with Crippen molar-refractivity contribution in [2.75, 3.05) is 0 Å². The molecule has 0 bridgehead atoms. The predicted octanol–water partition coefficient (Wildman–Crippen LogP) is 5.57. The third kappa shape index (κ3) is 3.41. The standard InChI is InChI=1S/C17H17F3/c1-12(2)10-13-8-9-15(14-6-4-3-5-7-14)16(11-13)17(18,19)20/h3-9,11-12H,10H2,1-2H3. The molecular formula is C17H17F3. The van der Waals surface area contributed by atoms with Gasteiger partial charge in [0.15, 0.2) is 0 Å². The van der Waals surface area contributed by atoms with Gasteiger partial charge in [0.05, 0.1) is 5.56 Å². The maximum atomic E-state index is 13.3. The molecule has 0 radical (unpaired) electrons. The molecule has 0 unspecified atom stereocenters. The Morgan fingerprint density at radius 1 is 0.950 bits per heavy atom. The van der Waals surface area contributed by atoms with Gasteiger partial charge in [-0.25, -0.2) is 0 Å². The Hall–Kier alpha value is -1.77. The minimum absolute atomic E-state index is 0.241. The molecule has 2 aromatic carbocycles. The summed E-state index contributed by atoms with van der Waals surface area (Å²) >= 11 is 0. The zero-order chi connectivity index (χ0) is 14.8. The van der Waals surface area contributed by atoms with E-state index in [1.807, 2.05) is 13.8 Å². The van der Waals surface area contributed by atoms with Gasteiger partial charge in [-0.15, -0.1) is 0 Å². The molecule has 0 saturated carbocycles. The summed E-state index contributed by atoms with van der Waals surface area (Å²) in [4.78, 5) is 0. The highest BCUT2D eigenvalue weighted by molar-refractivity contribution is 5.68. The summed E-state index contributed by atoms with van der Waals surface area (Å²) in [6, 6.07) is 13.3. The minimum Gasteiger partial charge on any atom is -0.166 e. The first kappa shape index (κ1) is 14.6. The van der Waals surface area contributed by atoms with Gasteiger partial charge >= 0.3 is 6.18 Å². The van der Waals surface area contributed by atoms with Crippen LogP contribution in [0.1, 0.15) is 25.0 Å². The highest BCUT2D eigenvalue weighted by atomic mass is 19.4. The van der Waals surface area contributed by atoms with Crippen molar-refractivity contribution in [2.45, 2.75) is 26.4 Å². The third-order valence-electron chi connectivity index (χ3n) is 3.12. The minimum atomic E-state index is -4.34. The lowest BCUT2D eigenvalue weighted by Crippen LogP contribution is -2.08. The topological polar surface area (TPSA) is 0 Å². The van der Waals surface area contributed by atoms with Gasteiger partial charge in [0.1, 0.15) is 0 Å². The van der Waals surface area contributed by atoms with Crippen LogP contribution in [0.5, 0.6) is 0 Å². The first-order chi connectivity index (χ1) is 9.38. The monoisotopic (exact) mass is 278 g/mol. The molecule has 0 nitrogen and oxygen atoms in total. The maximum Gasteiger partial charge on any atom is 0.417 e. The molecule has 20 heavy (non-hydrogen) atoms. The Labute approximate surface area is 117 Å². The quantitative estimate of drug-likeness (QED) is 0.688. The van der Waals surface area contributed by atoms with Crippen LogP contribution in [0.15, 0.2) is 48.5 Å². The maximum absolute atomic E-state index is 13.3. The average molecular weight is 278 g/mol. The van der Waals surface area contributed by atoms with E-state index in [-0.39, 0.29) is 5.56 Å². The van der Waals surface area contributed by atoms with Gasteiger partial charge in [0.2, 0.25) is 0 Å². The van der Waals surface area contributed by atoms with E-state index in [9.17, 15) is 13.2 Å². The van der Waals surface area contributed by atoms with Crippen molar-refractivity contribution in [1.82, 2.24) is 0 Å². The molecule has 2 aromatic rings. The van der Waals surface area contributed by atoms with Crippen LogP contribution < -0.4 is 0 Å². The van der Waals surface area contributed by atoms with Crippen molar-refractivity contribution in [3.8, 4) is 11.1 Å². The summed E-state index contributed by atoms with van der Waals surface area (Å²) < 4.78 is 39.8. The summed E-state index contributed by atoms with van der Waals surface area (Å²) in [5.74, 6) is 0.332. The Bertz CT molecular complexity index is 569. The number of hydrogen-bond acceptors (Lipinski definition) is 0. The SMILES string of the molecule is CC(C)Cc1ccc(-c2ccccc2)c(C(F)(F)F)c1. The van der Waals surface area contributed by atoms with Gasteiger partial charge in [-0.3, -0.25) is 0 Å². The van der Waals surface area contributed by atoms with Crippen LogP contribution in [0.2, 0.25) is 0 Å². The fourth-order valence-corrected chi connectivity index (χ4v) is 2.29. The van der Waals surface area contributed by atoms with Crippen molar-refractivity contribution in [3.63, 3.8) is 0 Å². The molecule has 0 atom stereocenters. The molecule has 3 heteroatoms. The molecule has 0 spiro atoms. The number of alkyl halides is 3. The van der Waals surface area contributed by atoms with Gasteiger partial charge in [-0.1, -0.05) is 56.3 Å². The van der Waals surface area contributed by atoms with Crippen LogP contribution in [0.4, 0.5) is 13.2 Å². The lowest BCUT2D eigenvalue weighted by Gasteiger charge is -2.15. The van der Waals surface area contributed by atoms with Crippen LogP contribution in [0.3, 0.4) is 0 Å². The smallest absolute Gasteiger partial charge is 0.166 e. The van der Waals surface area contributed by atoms with Crippen molar-refractivity contribution >= 4 is 0 Å². The van der Waals surface area contributed by atoms with E-state index in [2.05, 4.69) is 0 Å². The zero-order valence-corrected chi connectivity index (χ0v) is 11.5. The highest BCUT2D eigenvalue weighted by Gasteiger charge is 2.33. The number of benzene rings is 2. The summed E-state index contributed by atoms with van der Waals surface area (Å²) in [6.45, 7) is 4.00. The number of hydrogen-bond donors (Lipinski definition) is 0. The second-order valence-corrected chi connectivity index (χ2v) is 5.34. The van der Waals surface area contributed by atoms with E-state index in [1.165, 1.54) is 6.07 Å². The van der Waals surface area contributed by atoms with E-state index >= 15 is 0 Å². The Morgan fingerprint density at radius 3 is 2.15 bits per heavy atom. The second-order valence-electron chi connectivity index (χ2n) is 5.34. The van der Waals surface area contributed by atoms with Crippen molar-refractivity contribution in [1.29, 1.82) is 0 Å². The van der Waals surface area contributed by atoms with E-state index in [1.54, 1.807) is 42.5 Å². The number of rotatable bonds is 3. The molecule has 0 aliphatic heterocycles. The highest BCUT2D eigenvalue weighted by Crippen LogP contribution is 2.37. The van der Waals surface area contributed by atoms with Crippen LogP contribution in [0.25, 0.3) is 11.1 Å². The molecule has 0 fully saturated rings. The Morgan fingerprint density at radius 2 is 1.60 bits per heavy atom. The van der Waals surface area contributed by atoms with Crippen LogP contribution in [-0.4, -0.2) is 0 Å². The predicted molar refractivity (Wildman–Crippen MR) is 75.4 cm³/mol. The lowest BCUT2D eigenvalue weighted by molar-refractivity contribution is -0.137. The van der Waals surface area contributed by atoms with Crippen LogP contribution >= 0.6 is 0 Å². The molecule has 0 aromatic heterocycles. The molecule has 0 aliphatic rings. The number of halogens is 3. The zero-order valence-electron chi connectivity index (χ0n) is 11.5. The summed E-state index contributed by atoms with van der Waals surface area (Å²) in [5.41, 5.74) is 1.01. The van der Waals surface area contributed by atoms with Crippen molar-refractivity contribution < 1.29 is 13.2 Å². The summed E-state index contributed by atoms with van der Waals surface area (Å²) in [6.07, 6.45) is -3.68.